The lowest BCUT2D eigenvalue weighted by atomic mass is 9.92. The maximum atomic E-state index is 13.1. The number of carbonyl (C=O) groups excluding carboxylic acids is 3. The van der Waals surface area contributed by atoms with Crippen LogP contribution >= 0.6 is 0 Å². The molecule has 34 heavy (non-hydrogen) atoms. The molecule has 6 rings (SSSR count). The number of anilines is 1. The van der Waals surface area contributed by atoms with Crippen LogP contribution in [-0.2, 0) is 33.8 Å². The van der Waals surface area contributed by atoms with E-state index < -0.39 is 11.8 Å². The van der Waals surface area contributed by atoms with Crippen LogP contribution in [0.2, 0.25) is 0 Å². The van der Waals surface area contributed by atoms with Gasteiger partial charge in [-0.1, -0.05) is 18.2 Å². The summed E-state index contributed by atoms with van der Waals surface area (Å²) < 4.78 is 1.92. The molecule has 9 heteroatoms. The number of para-hydroxylation sites is 1. The molecule has 1 aromatic heterocycles. The standard InChI is InChI=1S/C25H24N6O3/c1-29(2)25(34)18-12-14-6-5-7-15-21(26-9-11-30(18)22(14)15)20-19(23(32)28-24(20)33)16-13-27-31-10-4-3-8-17(16)31/h5-7,9,11,13,18H,3-4,8,10,12H2,1-2H3,(H,28,32,33). The number of aryl methyl sites for hydroxylation is 1. The van der Waals surface area contributed by atoms with Gasteiger partial charge >= 0.3 is 0 Å². The Morgan fingerprint density at radius 3 is 2.76 bits per heavy atom. The van der Waals surface area contributed by atoms with E-state index in [0.29, 0.717) is 23.3 Å². The molecule has 172 valence electrons. The molecule has 0 aliphatic carbocycles. The van der Waals surface area contributed by atoms with Crippen molar-refractivity contribution < 1.29 is 14.4 Å². The maximum absolute atomic E-state index is 13.1. The number of fused-ring (bicyclic) bond motifs is 1. The smallest absolute Gasteiger partial charge is 0.261 e. The highest BCUT2D eigenvalue weighted by molar-refractivity contribution is 6.48. The van der Waals surface area contributed by atoms with Crippen LogP contribution in [0.1, 0.15) is 35.2 Å². The summed E-state index contributed by atoms with van der Waals surface area (Å²) in [6.07, 6.45) is 8.51. The fourth-order valence-electron chi connectivity index (χ4n) is 5.41. The van der Waals surface area contributed by atoms with Crippen molar-refractivity contribution in [2.75, 3.05) is 19.0 Å². The Morgan fingerprint density at radius 2 is 1.94 bits per heavy atom. The molecule has 4 aliphatic rings. The van der Waals surface area contributed by atoms with Gasteiger partial charge in [0.1, 0.15) is 6.04 Å². The van der Waals surface area contributed by atoms with Gasteiger partial charge in [-0.05, 0) is 24.8 Å². The van der Waals surface area contributed by atoms with Gasteiger partial charge in [0.25, 0.3) is 11.8 Å². The number of rotatable bonds is 3. The lowest BCUT2D eigenvalue weighted by Crippen LogP contribution is -2.42. The molecule has 3 amide bonds. The highest BCUT2D eigenvalue weighted by Gasteiger charge is 2.41. The van der Waals surface area contributed by atoms with Gasteiger partial charge in [-0.3, -0.25) is 29.4 Å². The molecule has 9 nitrogen and oxygen atoms in total. The minimum absolute atomic E-state index is 0.00421. The van der Waals surface area contributed by atoms with Crippen molar-refractivity contribution in [1.29, 1.82) is 0 Å². The number of aromatic nitrogens is 2. The van der Waals surface area contributed by atoms with Crippen LogP contribution in [-0.4, -0.2) is 58.3 Å². The first-order valence-corrected chi connectivity index (χ1v) is 11.5. The number of aliphatic imine (C=N–C) groups is 1. The number of likely N-dealkylation sites (N-methyl/N-ethyl adjacent to an activating group) is 1. The zero-order valence-corrected chi connectivity index (χ0v) is 19.0. The van der Waals surface area contributed by atoms with Crippen LogP contribution in [0.5, 0.6) is 0 Å². The molecule has 0 spiro atoms. The van der Waals surface area contributed by atoms with E-state index in [0.717, 1.165) is 48.3 Å². The van der Waals surface area contributed by atoms with Gasteiger partial charge in [0.15, 0.2) is 0 Å². The van der Waals surface area contributed by atoms with Crippen LogP contribution in [0.4, 0.5) is 5.69 Å². The van der Waals surface area contributed by atoms with E-state index in [1.807, 2.05) is 27.8 Å². The molecule has 1 N–H and O–H groups in total. The van der Waals surface area contributed by atoms with Gasteiger partial charge in [-0.25, -0.2) is 0 Å². The Kier molecular flexibility index (Phi) is 4.55. The summed E-state index contributed by atoms with van der Waals surface area (Å²) in [5, 5.41) is 6.95. The molecular formula is C25H24N6O3. The molecule has 0 bridgehead atoms. The van der Waals surface area contributed by atoms with Gasteiger partial charge in [0.2, 0.25) is 5.91 Å². The summed E-state index contributed by atoms with van der Waals surface area (Å²) in [7, 11) is 3.49. The second kappa shape index (κ2) is 7.51. The van der Waals surface area contributed by atoms with E-state index in [1.165, 1.54) is 0 Å². The molecule has 1 aromatic carbocycles. The third-order valence-corrected chi connectivity index (χ3v) is 6.96. The first kappa shape index (κ1) is 20.6. The fourth-order valence-corrected chi connectivity index (χ4v) is 5.41. The molecule has 0 fully saturated rings. The maximum Gasteiger partial charge on any atom is 0.261 e. The fraction of sp³-hybridized carbons (Fsp3) is 0.320. The number of hydrogen-bond donors (Lipinski definition) is 1. The Bertz CT molecular complexity index is 1360. The van der Waals surface area contributed by atoms with Crippen molar-refractivity contribution in [2.24, 2.45) is 4.99 Å². The number of hydrogen-bond acceptors (Lipinski definition) is 6. The Balaban J connectivity index is 1.53. The first-order valence-electron chi connectivity index (χ1n) is 11.5. The Labute approximate surface area is 196 Å². The van der Waals surface area contributed by atoms with E-state index >= 15 is 0 Å². The van der Waals surface area contributed by atoms with E-state index in [1.54, 1.807) is 37.6 Å². The molecule has 5 heterocycles. The molecule has 0 saturated carbocycles. The lowest BCUT2D eigenvalue weighted by Gasteiger charge is -2.25. The van der Waals surface area contributed by atoms with Gasteiger partial charge in [0, 0.05) is 56.3 Å². The SMILES string of the molecule is CN(C)C(=O)C1Cc2cccc3c2N1C=CN=C3C1=C(c2cnn3c2CCCC3)C(=O)NC1=O. The second-order valence-corrected chi connectivity index (χ2v) is 9.17. The van der Waals surface area contributed by atoms with Crippen molar-refractivity contribution in [1.82, 2.24) is 20.0 Å². The van der Waals surface area contributed by atoms with E-state index in [4.69, 9.17) is 0 Å². The van der Waals surface area contributed by atoms with Crippen LogP contribution in [0.3, 0.4) is 0 Å². The lowest BCUT2D eigenvalue weighted by molar-refractivity contribution is -0.130. The summed E-state index contributed by atoms with van der Waals surface area (Å²) in [6, 6.07) is 5.42. The van der Waals surface area contributed by atoms with Crippen LogP contribution in [0.25, 0.3) is 5.57 Å². The number of imide groups is 1. The minimum atomic E-state index is -0.465. The second-order valence-electron chi connectivity index (χ2n) is 9.17. The molecule has 0 radical (unpaired) electrons. The molecule has 1 atom stereocenters. The van der Waals surface area contributed by atoms with Crippen molar-refractivity contribution in [3.8, 4) is 0 Å². The summed E-state index contributed by atoms with van der Waals surface area (Å²) in [6.45, 7) is 0.805. The van der Waals surface area contributed by atoms with E-state index in [9.17, 15) is 14.4 Å². The quantitative estimate of drug-likeness (QED) is 0.705. The van der Waals surface area contributed by atoms with Gasteiger partial charge < -0.3 is 9.80 Å². The van der Waals surface area contributed by atoms with Crippen molar-refractivity contribution >= 4 is 34.7 Å². The van der Waals surface area contributed by atoms with Crippen molar-refractivity contribution in [3.63, 3.8) is 0 Å². The Morgan fingerprint density at radius 1 is 1.12 bits per heavy atom. The molecule has 0 saturated heterocycles. The number of carbonyl (C=O) groups is 3. The highest BCUT2D eigenvalue weighted by atomic mass is 16.2. The van der Waals surface area contributed by atoms with Gasteiger partial charge in [-0.2, -0.15) is 5.10 Å². The summed E-state index contributed by atoms with van der Waals surface area (Å²) in [5.74, 6) is -0.897. The summed E-state index contributed by atoms with van der Waals surface area (Å²) >= 11 is 0. The first-order chi connectivity index (χ1) is 16.5. The number of nitrogens with zero attached hydrogens (tertiary/aromatic N) is 5. The summed E-state index contributed by atoms with van der Waals surface area (Å²) in [4.78, 5) is 47.2. The van der Waals surface area contributed by atoms with Crippen LogP contribution in [0, 0.1) is 0 Å². The topological polar surface area (TPSA) is 99.9 Å². The number of nitrogens with one attached hydrogen (secondary N) is 1. The normalized spacial score (nSPS) is 20.7. The van der Waals surface area contributed by atoms with Gasteiger partial charge in [-0.15, -0.1) is 0 Å². The van der Waals surface area contributed by atoms with Gasteiger partial charge in [0.05, 0.1) is 28.7 Å². The Hall–Kier alpha value is -4.01. The number of amides is 3. The predicted octanol–water partition coefficient (Wildman–Crippen LogP) is 1.42. The third kappa shape index (κ3) is 2.89. The average Bonchev–Trinajstić information content (AvgIpc) is 3.45. The van der Waals surface area contributed by atoms with Crippen molar-refractivity contribution in [2.45, 2.75) is 38.3 Å². The highest BCUT2D eigenvalue weighted by Crippen LogP contribution is 2.40. The molecule has 2 aromatic rings. The zero-order valence-electron chi connectivity index (χ0n) is 19.0. The largest absolute Gasteiger partial charge is 0.347 e. The average molecular weight is 457 g/mol. The molecular weight excluding hydrogens is 432 g/mol. The van der Waals surface area contributed by atoms with Crippen LogP contribution in [0.15, 0.2) is 47.4 Å². The van der Waals surface area contributed by atoms with E-state index in [2.05, 4.69) is 15.4 Å². The van der Waals surface area contributed by atoms with Crippen LogP contribution < -0.4 is 10.2 Å². The zero-order chi connectivity index (χ0) is 23.6. The molecule has 4 aliphatic heterocycles. The summed E-state index contributed by atoms with van der Waals surface area (Å²) in [5.41, 5.74) is 5.28. The third-order valence-electron chi connectivity index (χ3n) is 6.96. The minimum Gasteiger partial charge on any atom is -0.347 e. The predicted molar refractivity (Wildman–Crippen MR) is 126 cm³/mol. The molecule has 1 unspecified atom stereocenters. The van der Waals surface area contributed by atoms with E-state index in [-0.39, 0.29) is 17.5 Å². The number of benzene rings is 1. The van der Waals surface area contributed by atoms with Crippen molar-refractivity contribution in [3.05, 3.63) is 64.8 Å². The monoisotopic (exact) mass is 456 g/mol.